The molecule has 5 rings (SSSR count). The van der Waals surface area contributed by atoms with E-state index >= 15 is 0 Å². The summed E-state index contributed by atoms with van der Waals surface area (Å²) in [5.74, 6) is 1.32. The second-order valence-corrected chi connectivity index (χ2v) is 10.8. The van der Waals surface area contributed by atoms with E-state index in [4.69, 9.17) is 0 Å². The molecule has 2 aliphatic rings. The Balaban J connectivity index is 1.26. The van der Waals surface area contributed by atoms with E-state index in [1.807, 2.05) is 24.3 Å². The number of amides is 1. The number of piperidine rings is 1. The fraction of sp³-hybridized carbons (Fsp3) is 0.414. The van der Waals surface area contributed by atoms with Gasteiger partial charge in [0.15, 0.2) is 0 Å². The largest absolute Gasteiger partial charge is 0.338 e. The van der Waals surface area contributed by atoms with Crippen molar-refractivity contribution in [2.75, 3.05) is 32.7 Å². The number of benzene rings is 2. The normalized spacial score (nSPS) is 21.8. The summed E-state index contributed by atoms with van der Waals surface area (Å²) in [6, 6.07) is 15.3. The van der Waals surface area contributed by atoms with Gasteiger partial charge in [-0.2, -0.15) is 11.3 Å². The highest BCUT2D eigenvalue weighted by atomic mass is 32.1. The van der Waals surface area contributed by atoms with Crippen molar-refractivity contribution in [1.82, 2.24) is 9.80 Å². The highest BCUT2D eigenvalue weighted by molar-refractivity contribution is 7.08. The van der Waals surface area contributed by atoms with Crippen LogP contribution in [0.5, 0.6) is 0 Å². The van der Waals surface area contributed by atoms with Crippen LogP contribution in [0.2, 0.25) is 0 Å². The number of halogens is 1. The van der Waals surface area contributed by atoms with Gasteiger partial charge in [0, 0.05) is 31.1 Å². The minimum atomic E-state index is -0.165. The SMILES string of the molecule is Cc1ccc(C(=O)N2CC(CN3CCC(c4ccc(F)cc4)CC3)C(c3ccsc3)C2)cc1C. The lowest BCUT2D eigenvalue weighted by Crippen LogP contribution is -2.38. The van der Waals surface area contributed by atoms with E-state index in [1.54, 1.807) is 23.5 Å². The van der Waals surface area contributed by atoms with Gasteiger partial charge in [-0.15, -0.1) is 0 Å². The lowest BCUT2D eigenvalue weighted by atomic mass is 9.87. The number of likely N-dealkylation sites (tertiary alicyclic amines) is 2. The average molecular weight is 477 g/mol. The minimum Gasteiger partial charge on any atom is -0.338 e. The van der Waals surface area contributed by atoms with Crippen molar-refractivity contribution in [3.8, 4) is 0 Å². The molecule has 2 fully saturated rings. The second kappa shape index (κ2) is 10.0. The van der Waals surface area contributed by atoms with Crippen LogP contribution in [0.1, 0.15) is 57.3 Å². The summed E-state index contributed by atoms with van der Waals surface area (Å²) in [6.45, 7) is 8.89. The van der Waals surface area contributed by atoms with Crippen molar-refractivity contribution in [3.63, 3.8) is 0 Å². The zero-order chi connectivity index (χ0) is 23.7. The van der Waals surface area contributed by atoms with Gasteiger partial charge in [0.25, 0.3) is 5.91 Å². The first-order chi connectivity index (χ1) is 16.5. The maximum atomic E-state index is 13.4. The third-order valence-electron chi connectivity index (χ3n) is 7.88. The number of nitrogens with zero attached hydrogens (tertiary/aromatic N) is 2. The summed E-state index contributed by atoms with van der Waals surface area (Å²) in [7, 11) is 0. The van der Waals surface area contributed by atoms with E-state index < -0.39 is 0 Å². The monoisotopic (exact) mass is 476 g/mol. The Labute approximate surface area is 206 Å². The molecule has 2 atom stereocenters. The van der Waals surface area contributed by atoms with Crippen LogP contribution < -0.4 is 0 Å². The van der Waals surface area contributed by atoms with Crippen LogP contribution >= 0.6 is 11.3 Å². The Hall–Kier alpha value is -2.50. The van der Waals surface area contributed by atoms with Gasteiger partial charge in [-0.1, -0.05) is 18.2 Å². The number of rotatable bonds is 5. The predicted octanol–water partition coefficient (Wildman–Crippen LogP) is 6.24. The molecule has 2 aromatic carbocycles. The molecular weight excluding hydrogens is 443 g/mol. The standard InChI is InChI=1S/C29H33FN2OS/c1-20-3-4-24(15-21(20)2)29(33)32-17-26(28(18-32)25-11-14-34-19-25)16-31-12-9-23(10-13-31)22-5-7-27(30)8-6-22/h3-8,11,14-15,19,23,26,28H,9-10,12-13,16-18H2,1-2H3. The minimum absolute atomic E-state index is 0.154. The molecule has 0 aliphatic carbocycles. The second-order valence-electron chi connectivity index (χ2n) is 10.1. The zero-order valence-electron chi connectivity index (χ0n) is 20.0. The lowest BCUT2D eigenvalue weighted by molar-refractivity contribution is 0.0781. The highest BCUT2D eigenvalue weighted by Gasteiger charge is 2.38. The van der Waals surface area contributed by atoms with E-state index in [-0.39, 0.29) is 11.7 Å². The first-order valence-electron chi connectivity index (χ1n) is 12.3. The zero-order valence-corrected chi connectivity index (χ0v) is 20.9. The summed E-state index contributed by atoms with van der Waals surface area (Å²) in [4.78, 5) is 18.0. The van der Waals surface area contributed by atoms with Crippen LogP contribution in [-0.4, -0.2) is 48.4 Å². The summed E-state index contributed by atoms with van der Waals surface area (Å²) in [6.07, 6.45) is 2.21. The van der Waals surface area contributed by atoms with Crippen molar-refractivity contribution >= 4 is 17.2 Å². The van der Waals surface area contributed by atoms with Crippen molar-refractivity contribution in [2.45, 2.75) is 38.5 Å². The van der Waals surface area contributed by atoms with Gasteiger partial charge in [-0.05, 0) is 115 Å². The van der Waals surface area contributed by atoms with E-state index in [2.05, 4.69) is 46.5 Å². The van der Waals surface area contributed by atoms with E-state index in [1.165, 1.54) is 22.3 Å². The van der Waals surface area contributed by atoms with Gasteiger partial charge in [0.05, 0.1) is 0 Å². The number of hydrogen-bond donors (Lipinski definition) is 0. The molecule has 1 amide bonds. The number of aryl methyl sites for hydroxylation is 2. The smallest absolute Gasteiger partial charge is 0.253 e. The van der Waals surface area contributed by atoms with Crippen LogP contribution in [0.15, 0.2) is 59.3 Å². The van der Waals surface area contributed by atoms with Crippen LogP contribution in [0.4, 0.5) is 4.39 Å². The molecule has 0 radical (unpaired) electrons. The third-order valence-corrected chi connectivity index (χ3v) is 8.58. The first-order valence-corrected chi connectivity index (χ1v) is 13.3. The van der Waals surface area contributed by atoms with Gasteiger partial charge >= 0.3 is 0 Å². The van der Waals surface area contributed by atoms with E-state index in [0.29, 0.717) is 17.8 Å². The van der Waals surface area contributed by atoms with Gasteiger partial charge in [-0.3, -0.25) is 4.79 Å². The summed E-state index contributed by atoms with van der Waals surface area (Å²) < 4.78 is 13.3. The number of hydrogen-bond acceptors (Lipinski definition) is 3. The number of carbonyl (C=O) groups excluding carboxylic acids is 1. The molecule has 0 saturated carbocycles. The van der Waals surface area contributed by atoms with Crippen LogP contribution in [0, 0.1) is 25.6 Å². The van der Waals surface area contributed by atoms with Crippen molar-refractivity contribution in [2.24, 2.45) is 5.92 Å². The molecule has 3 aromatic rings. The topological polar surface area (TPSA) is 23.6 Å². The van der Waals surface area contributed by atoms with Crippen molar-refractivity contribution in [1.29, 1.82) is 0 Å². The molecule has 34 heavy (non-hydrogen) atoms. The summed E-state index contributed by atoms with van der Waals surface area (Å²) in [5.41, 5.74) is 5.80. The van der Waals surface area contributed by atoms with Gasteiger partial charge in [0.1, 0.15) is 5.82 Å². The van der Waals surface area contributed by atoms with Gasteiger partial charge < -0.3 is 9.80 Å². The number of thiophene rings is 1. The molecule has 0 N–H and O–H groups in total. The Bertz CT molecular complexity index is 1120. The Morgan fingerprint density at radius 1 is 0.971 bits per heavy atom. The van der Waals surface area contributed by atoms with Crippen LogP contribution in [0.25, 0.3) is 0 Å². The molecule has 2 aliphatic heterocycles. The Morgan fingerprint density at radius 3 is 2.41 bits per heavy atom. The summed E-state index contributed by atoms with van der Waals surface area (Å²) in [5, 5.41) is 4.40. The molecule has 3 nitrogen and oxygen atoms in total. The average Bonchev–Trinajstić information content (AvgIpc) is 3.52. The molecule has 3 heterocycles. The highest BCUT2D eigenvalue weighted by Crippen LogP contribution is 2.36. The molecule has 2 unspecified atom stereocenters. The quantitative estimate of drug-likeness (QED) is 0.435. The van der Waals surface area contributed by atoms with Crippen molar-refractivity contribution < 1.29 is 9.18 Å². The van der Waals surface area contributed by atoms with Crippen LogP contribution in [-0.2, 0) is 0 Å². The Morgan fingerprint density at radius 2 is 1.74 bits per heavy atom. The fourth-order valence-corrected chi connectivity index (χ4v) is 6.38. The maximum Gasteiger partial charge on any atom is 0.253 e. The molecule has 0 spiro atoms. The third kappa shape index (κ3) is 4.96. The molecule has 178 valence electrons. The Kier molecular flexibility index (Phi) is 6.84. The predicted molar refractivity (Wildman–Crippen MR) is 137 cm³/mol. The molecular formula is C29H33FN2OS. The van der Waals surface area contributed by atoms with Crippen LogP contribution in [0.3, 0.4) is 0 Å². The van der Waals surface area contributed by atoms with E-state index in [9.17, 15) is 9.18 Å². The molecule has 0 bridgehead atoms. The van der Waals surface area contributed by atoms with Crippen molar-refractivity contribution in [3.05, 3.63) is 92.9 Å². The maximum absolute atomic E-state index is 13.4. The number of carbonyl (C=O) groups is 1. The molecule has 1 aromatic heterocycles. The fourth-order valence-electron chi connectivity index (χ4n) is 5.66. The lowest BCUT2D eigenvalue weighted by Gasteiger charge is -2.34. The van der Waals surface area contributed by atoms with E-state index in [0.717, 1.165) is 51.1 Å². The van der Waals surface area contributed by atoms with Gasteiger partial charge in [0.2, 0.25) is 0 Å². The van der Waals surface area contributed by atoms with Gasteiger partial charge in [-0.25, -0.2) is 4.39 Å². The molecule has 2 saturated heterocycles. The summed E-state index contributed by atoms with van der Waals surface area (Å²) >= 11 is 1.74. The first kappa shape index (κ1) is 23.3. The molecule has 5 heteroatoms.